The van der Waals surface area contributed by atoms with Crippen LogP contribution in [0.25, 0.3) is 0 Å². The molecule has 0 amide bonds. The number of carbonyl (C=O) groups is 2. The number of Topliss-reactive ketones (excluding diaryl/α,β-unsaturated/α-hetero) is 1. The molecule has 2 aliphatic rings. The van der Waals surface area contributed by atoms with Gasteiger partial charge in [0.05, 0.1) is 19.6 Å². The summed E-state index contributed by atoms with van der Waals surface area (Å²) in [5.74, 6) is -1.68. The summed E-state index contributed by atoms with van der Waals surface area (Å²) in [5, 5.41) is 0.894. The number of hydrogen-bond acceptors (Lipinski definition) is 5. The van der Waals surface area contributed by atoms with Crippen molar-refractivity contribution in [2.24, 2.45) is 16.8 Å². The van der Waals surface area contributed by atoms with Gasteiger partial charge >= 0.3 is 5.97 Å². The van der Waals surface area contributed by atoms with Crippen LogP contribution in [0, 0.1) is 11.8 Å². The monoisotopic (exact) mass is 561 g/mol. The van der Waals surface area contributed by atoms with Gasteiger partial charge in [0, 0.05) is 46.1 Å². The lowest BCUT2D eigenvalue weighted by Gasteiger charge is -2.39. The molecule has 5 nitrogen and oxygen atoms in total. The number of benzene rings is 3. The van der Waals surface area contributed by atoms with E-state index < -0.39 is 23.7 Å². The first-order valence-corrected chi connectivity index (χ1v) is 13.7. The number of esters is 1. The number of nitrogens with zero attached hydrogens (tertiary/aromatic N) is 1. The zero-order chi connectivity index (χ0) is 27.5. The van der Waals surface area contributed by atoms with Gasteiger partial charge in [0.1, 0.15) is 17.5 Å². The summed E-state index contributed by atoms with van der Waals surface area (Å²) < 4.78 is 11.0. The summed E-state index contributed by atoms with van der Waals surface area (Å²) in [7, 11) is 1.62. The molecule has 0 spiro atoms. The minimum Gasteiger partial charge on any atom is -0.497 e. The third-order valence-corrected chi connectivity index (χ3v) is 8.09. The number of ketones is 1. The largest absolute Gasteiger partial charge is 0.497 e. The molecule has 3 aromatic carbocycles. The average Bonchev–Trinajstić information content (AvgIpc) is 2.93. The number of ether oxygens (including phenoxy) is 2. The van der Waals surface area contributed by atoms with Gasteiger partial charge in [-0.2, -0.15) is 0 Å². The molecule has 0 saturated carbocycles. The summed E-state index contributed by atoms with van der Waals surface area (Å²) in [6, 6.07) is 22.7. The van der Waals surface area contributed by atoms with Crippen LogP contribution in [0.2, 0.25) is 10.0 Å². The Morgan fingerprint density at radius 1 is 1.03 bits per heavy atom. The van der Waals surface area contributed by atoms with Crippen LogP contribution in [0.3, 0.4) is 0 Å². The van der Waals surface area contributed by atoms with Gasteiger partial charge in [-0.3, -0.25) is 14.6 Å². The molecule has 200 valence electrons. The maximum absolute atomic E-state index is 13.8. The van der Waals surface area contributed by atoms with E-state index in [1.54, 1.807) is 25.3 Å². The van der Waals surface area contributed by atoms with E-state index in [1.165, 1.54) is 0 Å². The molecule has 1 aliphatic heterocycles. The Hall–Kier alpha value is -3.41. The van der Waals surface area contributed by atoms with Crippen molar-refractivity contribution in [1.82, 2.24) is 0 Å². The van der Waals surface area contributed by atoms with Crippen molar-refractivity contribution >= 4 is 40.7 Å². The molecule has 4 unspecified atom stereocenters. The maximum atomic E-state index is 13.8. The Morgan fingerprint density at radius 2 is 1.77 bits per heavy atom. The van der Waals surface area contributed by atoms with E-state index in [0.29, 0.717) is 39.9 Å². The molecular formula is C32H29Cl2NO4. The Bertz CT molecular complexity index is 1430. The molecule has 0 aromatic heterocycles. The van der Waals surface area contributed by atoms with Gasteiger partial charge in [0.15, 0.2) is 0 Å². The summed E-state index contributed by atoms with van der Waals surface area (Å²) >= 11 is 12.9. The third kappa shape index (κ3) is 5.80. The highest BCUT2D eigenvalue weighted by molar-refractivity contribution is 6.35. The Balaban J connectivity index is 1.50. The first-order valence-electron chi connectivity index (χ1n) is 12.9. The first-order chi connectivity index (χ1) is 18.9. The summed E-state index contributed by atoms with van der Waals surface area (Å²) in [6.07, 6.45) is 2.94. The van der Waals surface area contributed by atoms with Crippen molar-refractivity contribution in [3.63, 3.8) is 0 Å². The van der Waals surface area contributed by atoms with Gasteiger partial charge in [-0.15, -0.1) is 0 Å². The number of aliphatic imine (C=N–C) groups is 1. The third-order valence-electron chi connectivity index (χ3n) is 7.53. The topological polar surface area (TPSA) is 65.0 Å². The number of allylic oxidation sites excluding steroid dienone is 2. The molecule has 39 heavy (non-hydrogen) atoms. The van der Waals surface area contributed by atoms with Crippen molar-refractivity contribution in [2.75, 3.05) is 13.7 Å². The highest BCUT2D eigenvalue weighted by Gasteiger charge is 2.48. The Kier molecular flexibility index (Phi) is 8.20. The standard InChI is InChI=1S/C32H29Cl2NO4/c1-19-29(32(37)39-15-14-20-6-4-3-5-7-20)30(25-13-10-23(33)18-26(25)34)31-27(35-19)16-22(17-28(31)36)21-8-11-24(38-2)12-9-21/h3-13,16,18,22,29-31H,14-15,17H2,1-2H3. The molecule has 0 fully saturated rings. The van der Waals surface area contributed by atoms with Crippen molar-refractivity contribution in [1.29, 1.82) is 0 Å². The fourth-order valence-electron chi connectivity index (χ4n) is 5.61. The molecule has 4 atom stereocenters. The van der Waals surface area contributed by atoms with Crippen molar-refractivity contribution in [2.45, 2.75) is 31.6 Å². The first kappa shape index (κ1) is 27.2. The summed E-state index contributed by atoms with van der Waals surface area (Å²) in [6.45, 7) is 2.05. The van der Waals surface area contributed by atoms with E-state index in [0.717, 1.165) is 16.9 Å². The molecule has 5 rings (SSSR count). The zero-order valence-electron chi connectivity index (χ0n) is 21.8. The molecule has 3 aromatic rings. The van der Waals surface area contributed by atoms with Crippen LogP contribution in [0.4, 0.5) is 0 Å². The van der Waals surface area contributed by atoms with Crippen LogP contribution in [0.15, 0.2) is 89.6 Å². The van der Waals surface area contributed by atoms with Crippen LogP contribution in [0.1, 0.15) is 41.9 Å². The van der Waals surface area contributed by atoms with E-state index in [1.807, 2.05) is 67.6 Å². The van der Waals surface area contributed by atoms with Gasteiger partial charge in [-0.1, -0.05) is 77.8 Å². The van der Waals surface area contributed by atoms with Crippen molar-refractivity contribution < 1.29 is 19.1 Å². The van der Waals surface area contributed by atoms with E-state index >= 15 is 0 Å². The van der Waals surface area contributed by atoms with Gasteiger partial charge in [0.25, 0.3) is 0 Å². The van der Waals surface area contributed by atoms with Crippen LogP contribution in [-0.2, 0) is 20.7 Å². The van der Waals surface area contributed by atoms with E-state index in [4.69, 9.17) is 37.7 Å². The number of carbonyl (C=O) groups excluding carboxylic acids is 2. The zero-order valence-corrected chi connectivity index (χ0v) is 23.3. The quantitative estimate of drug-likeness (QED) is 0.285. The maximum Gasteiger partial charge on any atom is 0.315 e. The molecular weight excluding hydrogens is 533 g/mol. The predicted octanol–water partition coefficient (Wildman–Crippen LogP) is 7.22. The number of methoxy groups -OCH3 is 1. The highest BCUT2D eigenvalue weighted by atomic mass is 35.5. The molecule has 1 heterocycles. The minimum absolute atomic E-state index is 0.0164. The number of halogens is 2. The molecule has 0 radical (unpaired) electrons. The fourth-order valence-corrected chi connectivity index (χ4v) is 6.15. The average molecular weight is 562 g/mol. The second-order valence-corrected chi connectivity index (χ2v) is 10.8. The predicted molar refractivity (Wildman–Crippen MR) is 154 cm³/mol. The molecule has 0 saturated heterocycles. The van der Waals surface area contributed by atoms with Crippen molar-refractivity contribution in [3.8, 4) is 5.75 Å². The van der Waals surface area contributed by atoms with Crippen LogP contribution >= 0.6 is 23.2 Å². The van der Waals surface area contributed by atoms with Crippen LogP contribution in [-0.4, -0.2) is 31.2 Å². The number of fused-ring (bicyclic) bond motifs is 1. The summed E-state index contributed by atoms with van der Waals surface area (Å²) in [5.41, 5.74) is 4.03. The molecule has 7 heteroatoms. The van der Waals surface area contributed by atoms with E-state index in [9.17, 15) is 9.59 Å². The van der Waals surface area contributed by atoms with Crippen molar-refractivity contribution in [3.05, 3.63) is 111 Å². The SMILES string of the molecule is COc1ccc(C2C=C3N=C(C)C(C(=O)OCCc4ccccc4)C(c4ccc(Cl)cc4Cl)C3C(=O)C2)cc1. The molecule has 0 bridgehead atoms. The smallest absolute Gasteiger partial charge is 0.315 e. The summed E-state index contributed by atoms with van der Waals surface area (Å²) in [4.78, 5) is 32.2. The van der Waals surface area contributed by atoms with E-state index in [2.05, 4.69) is 0 Å². The van der Waals surface area contributed by atoms with Crippen LogP contribution in [0.5, 0.6) is 5.75 Å². The van der Waals surface area contributed by atoms with E-state index in [-0.39, 0.29) is 18.3 Å². The Morgan fingerprint density at radius 3 is 2.46 bits per heavy atom. The lowest BCUT2D eigenvalue weighted by molar-refractivity contribution is -0.147. The van der Waals surface area contributed by atoms with Gasteiger partial charge < -0.3 is 9.47 Å². The Labute approximate surface area is 238 Å². The van der Waals surface area contributed by atoms with Gasteiger partial charge in [-0.05, 0) is 47.9 Å². The number of hydrogen-bond donors (Lipinski definition) is 0. The fraction of sp³-hybridized carbons (Fsp3) is 0.281. The number of rotatable bonds is 7. The lowest BCUT2D eigenvalue weighted by atomic mass is 9.66. The lowest BCUT2D eigenvalue weighted by Crippen LogP contribution is -2.42. The normalized spacial score (nSPS) is 22.4. The molecule has 1 aliphatic carbocycles. The molecule has 0 N–H and O–H groups in total. The second-order valence-electron chi connectivity index (χ2n) is 9.94. The van der Waals surface area contributed by atoms with Crippen LogP contribution < -0.4 is 4.74 Å². The minimum atomic E-state index is -0.747. The highest BCUT2D eigenvalue weighted by Crippen LogP contribution is 2.49. The second kappa shape index (κ2) is 11.8. The van der Waals surface area contributed by atoms with Gasteiger partial charge in [-0.25, -0.2) is 0 Å². The van der Waals surface area contributed by atoms with Gasteiger partial charge in [0.2, 0.25) is 0 Å².